The molecule has 1 saturated heterocycles. The van der Waals surface area contributed by atoms with Gasteiger partial charge in [-0.15, -0.1) is 0 Å². The Hall–Kier alpha value is -2.58. The molecule has 0 aromatic heterocycles. The molecule has 0 saturated carbocycles. The molecule has 168 valence electrons. The van der Waals surface area contributed by atoms with Crippen molar-refractivity contribution < 1.29 is 17.9 Å². The predicted octanol–water partition coefficient (Wildman–Crippen LogP) is 2.73. The van der Waals surface area contributed by atoms with Gasteiger partial charge in [0, 0.05) is 25.3 Å². The first-order valence-corrected chi connectivity index (χ1v) is 12.3. The van der Waals surface area contributed by atoms with E-state index in [9.17, 15) is 13.2 Å². The molecule has 0 spiro atoms. The van der Waals surface area contributed by atoms with Crippen molar-refractivity contribution >= 4 is 27.3 Å². The number of morpholine rings is 1. The Balaban J connectivity index is 1.59. The molecule has 3 rings (SSSR count). The van der Waals surface area contributed by atoms with E-state index < -0.39 is 10.0 Å². The van der Waals surface area contributed by atoms with E-state index in [-0.39, 0.29) is 12.5 Å². The third-order valence-corrected chi connectivity index (χ3v) is 6.48. The molecule has 31 heavy (non-hydrogen) atoms. The molecule has 0 aliphatic carbocycles. The first kappa shape index (κ1) is 23.1. The molecule has 1 aliphatic rings. The van der Waals surface area contributed by atoms with Crippen LogP contribution < -0.4 is 14.5 Å². The lowest BCUT2D eigenvalue weighted by atomic mass is 10.0. The summed E-state index contributed by atoms with van der Waals surface area (Å²) in [7, 11) is -3.59. The van der Waals surface area contributed by atoms with E-state index in [1.807, 2.05) is 36.4 Å². The number of nitrogens with zero attached hydrogens (tertiary/aromatic N) is 2. The summed E-state index contributed by atoms with van der Waals surface area (Å²) in [4.78, 5) is 14.8. The van der Waals surface area contributed by atoms with E-state index in [2.05, 4.69) is 24.1 Å². The van der Waals surface area contributed by atoms with E-state index in [1.165, 1.54) is 0 Å². The van der Waals surface area contributed by atoms with Crippen LogP contribution in [0.25, 0.3) is 0 Å². The molecule has 1 fully saturated rings. The second-order valence-corrected chi connectivity index (χ2v) is 9.97. The third kappa shape index (κ3) is 6.45. The van der Waals surface area contributed by atoms with Gasteiger partial charge in [0.05, 0.1) is 25.2 Å². The van der Waals surface area contributed by atoms with Gasteiger partial charge in [0.2, 0.25) is 15.9 Å². The molecule has 7 nitrogen and oxygen atoms in total. The Kier molecular flexibility index (Phi) is 7.56. The number of carbonyl (C=O) groups excluding carboxylic acids is 1. The number of carbonyl (C=O) groups is 1. The molecule has 0 bridgehead atoms. The number of hydrogen-bond acceptors (Lipinski definition) is 5. The Morgan fingerprint density at radius 1 is 1.06 bits per heavy atom. The van der Waals surface area contributed by atoms with Crippen LogP contribution in [0.5, 0.6) is 0 Å². The maximum Gasteiger partial charge on any atom is 0.241 e. The number of rotatable bonds is 8. The highest BCUT2D eigenvalue weighted by molar-refractivity contribution is 7.92. The van der Waals surface area contributed by atoms with Gasteiger partial charge in [-0.1, -0.05) is 38.1 Å². The van der Waals surface area contributed by atoms with Gasteiger partial charge in [-0.3, -0.25) is 9.10 Å². The lowest BCUT2D eigenvalue weighted by molar-refractivity contribution is -0.119. The molecule has 2 aromatic rings. The summed E-state index contributed by atoms with van der Waals surface area (Å²) in [5.41, 5.74) is 3.68. The number of benzene rings is 2. The largest absolute Gasteiger partial charge is 0.378 e. The van der Waals surface area contributed by atoms with Crippen molar-refractivity contribution in [3.8, 4) is 0 Å². The van der Waals surface area contributed by atoms with Crippen LogP contribution in [0.1, 0.15) is 30.9 Å². The fourth-order valence-corrected chi connectivity index (χ4v) is 4.32. The third-order valence-electron chi connectivity index (χ3n) is 5.34. The Bertz CT molecular complexity index is 967. The highest BCUT2D eigenvalue weighted by atomic mass is 32.2. The van der Waals surface area contributed by atoms with Gasteiger partial charge in [-0.25, -0.2) is 8.42 Å². The number of sulfonamides is 1. The van der Waals surface area contributed by atoms with E-state index in [4.69, 9.17) is 4.74 Å². The van der Waals surface area contributed by atoms with E-state index >= 15 is 0 Å². The summed E-state index contributed by atoms with van der Waals surface area (Å²) in [5.74, 6) is -0.00529. The standard InChI is InChI=1S/C23H31N3O4S/c1-18(2)20-6-10-22(11-7-20)26(31(3,28)29)17-23(27)24-16-19-4-8-21(9-5-19)25-12-14-30-15-13-25/h4-11,18H,12-17H2,1-3H3,(H,24,27). The zero-order valence-corrected chi connectivity index (χ0v) is 19.2. The highest BCUT2D eigenvalue weighted by Gasteiger charge is 2.21. The number of amides is 1. The Morgan fingerprint density at radius 3 is 2.23 bits per heavy atom. The van der Waals surface area contributed by atoms with Crippen molar-refractivity contribution in [2.45, 2.75) is 26.3 Å². The summed E-state index contributed by atoms with van der Waals surface area (Å²) < 4.78 is 31.1. The van der Waals surface area contributed by atoms with Crippen molar-refractivity contribution in [2.75, 3.05) is 48.3 Å². The normalized spacial score (nSPS) is 14.5. The van der Waals surface area contributed by atoms with E-state index in [0.29, 0.717) is 18.2 Å². The topological polar surface area (TPSA) is 79.0 Å². The average molecular weight is 446 g/mol. The van der Waals surface area contributed by atoms with Gasteiger partial charge in [0.15, 0.2) is 0 Å². The monoisotopic (exact) mass is 445 g/mol. The highest BCUT2D eigenvalue weighted by Crippen LogP contribution is 2.22. The first-order chi connectivity index (χ1) is 14.7. The van der Waals surface area contributed by atoms with Gasteiger partial charge >= 0.3 is 0 Å². The predicted molar refractivity (Wildman–Crippen MR) is 124 cm³/mol. The van der Waals surface area contributed by atoms with Gasteiger partial charge in [-0.05, 0) is 41.3 Å². The second kappa shape index (κ2) is 10.2. The Morgan fingerprint density at radius 2 is 1.68 bits per heavy atom. The Labute approximate surface area is 185 Å². The lowest BCUT2D eigenvalue weighted by Gasteiger charge is -2.29. The van der Waals surface area contributed by atoms with Gasteiger partial charge in [-0.2, -0.15) is 0 Å². The molecule has 8 heteroatoms. The minimum absolute atomic E-state index is 0.258. The average Bonchev–Trinajstić information content (AvgIpc) is 2.76. The van der Waals surface area contributed by atoms with Crippen LogP contribution in [-0.2, 0) is 26.1 Å². The van der Waals surface area contributed by atoms with Gasteiger partial charge < -0.3 is 15.0 Å². The maximum absolute atomic E-state index is 12.5. The van der Waals surface area contributed by atoms with Crippen LogP contribution in [0.2, 0.25) is 0 Å². The van der Waals surface area contributed by atoms with Crippen molar-refractivity contribution in [1.29, 1.82) is 0 Å². The lowest BCUT2D eigenvalue weighted by Crippen LogP contribution is -2.40. The number of anilines is 2. The fourth-order valence-electron chi connectivity index (χ4n) is 3.46. The van der Waals surface area contributed by atoms with Crippen LogP contribution in [-0.4, -0.2) is 53.4 Å². The summed E-state index contributed by atoms with van der Waals surface area (Å²) in [5, 5.41) is 2.82. The molecule has 0 radical (unpaired) electrons. The molecule has 2 aromatic carbocycles. The number of ether oxygens (including phenoxy) is 1. The molecular formula is C23H31N3O4S. The quantitative estimate of drug-likeness (QED) is 0.676. The minimum Gasteiger partial charge on any atom is -0.378 e. The molecule has 1 N–H and O–H groups in total. The minimum atomic E-state index is -3.59. The van der Waals surface area contributed by atoms with Crippen LogP contribution in [0, 0.1) is 0 Å². The molecule has 1 aliphatic heterocycles. The van der Waals surface area contributed by atoms with Gasteiger partial charge in [0.1, 0.15) is 6.54 Å². The first-order valence-electron chi connectivity index (χ1n) is 10.5. The molecular weight excluding hydrogens is 414 g/mol. The van der Waals surface area contributed by atoms with E-state index in [0.717, 1.165) is 53.7 Å². The smallest absolute Gasteiger partial charge is 0.241 e. The second-order valence-electron chi connectivity index (χ2n) is 8.06. The number of nitrogens with one attached hydrogen (secondary N) is 1. The van der Waals surface area contributed by atoms with Crippen molar-refractivity contribution in [3.05, 3.63) is 59.7 Å². The SMILES string of the molecule is CC(C)c1ccc(N(CC(=O)NCc2ccc(N3CCOCC3)cc2)S(C)(=O)=O)cc1. The van der Waals surface area contributed by atoms with Crippen molar-refractivity contribution in [1.82, 2.24) is 5.32 Å². The van der Waals surface area contributed by atoms with Gasteiger partial charge in [0.25, 0.3) is 0 Å². The van der Waals surface area contributed by atoms with Crippen LogP contribution >= 0.6 is 0 Å². The maximum atomic E-state index is 12.5. The molecule has 1 heterocycles. The van der Waals surface area contributed by atoms with Crippen molar-refractivity contribution in [2.24, 2.45) is 0 Å². The van der Waals surface area contributed by atoms with Crippen LogP contribution in [0.3, 0.4) is 0 Å². The van der Waals surface area contributed by atoms with E-state index in [1.54, 1.807) is 12.1 Å². The zero-order valence-electron chi connectivity index (χ0n) is 18.4. The zero-order chi connectivity index (χ0) is 22.4. The summed E-state index contributed by atoms with van der Waals surface area (Å²) in [6.07, 6.45) is 1.11. The summed E-state index contributed by atoms with van der Waals surface area (Å²) in [6, 6.07) is 15.3. The summed E-state index contributed by atoms with van der Waals surface area (Å²) >= 11 is 0. The van der Waals surface area contributed by atoms with Crippen LogP contribution in [0.15, 0.2) is 48.5 Å². The summed E-state index contributed by atoms with van der Waals surface area (Å²) in [6.45, 7) is 7.43. The van der Waals surface area contributed by atoms with Crippen LogP contribution in [0.4, 0.5) is 11.4 Å². The number of hydrogen-bond donors (Lipinski definition) is 1. The molecule has 0 atom stereocenters. The molecule has 1 amide bonds. The molecule has 0 unspecified atom stereocenters. The van der Waals surface area contributed by atoms with Crippen molar-refractivity contribution in [3.63, 3.8) is 0 Å². The fraction of sp³-hybridized carbons (Fsp3) is 0.435.